The van der Waals surface area contributed by atoms with Crippen LogP contribution in [-0.4, -0.2) is 10.8 Å². The number of halogens is 3. The van der Waals surface area contributed by atoms with Gasteiger partial charge in [-0.05, 0) is 89.1 Å². The van der Waals surface area contributed by atoms with E-state index < -0.39 is 22.9 Å². The summed E-state index contributed by atoms with van der Waals surface area (Å²) in [6.07, 6.45) is 0.0920. The van der Waals surface area contributed by atoms with Gasteiger partial charge in [0.2, 0.25) is 0 Å². The van der Waals surface area contributed by atoms with E-state index in [0.717, 1.165) is 53.0 Å². The lowest BCUT2D eigenvalue weighted by molar-refractivity contribution is -0.137. The van der Waals surface area contributed by atoms with Gasteiger partial charge in [0, 0.05) is 0 Å². The molecule has 0 saturated carbocycles. The van der Waals surface area contributed by atoms with Gasteiger partial charge in [-0.3, -0.25) is 0 Å². The maximum Gasteiger partial charge on any atom is 0.416 e. The van der Waals surface area contributed by atoms with E-state index in [1.165, 1.54) is 5.57 Å². The Morgan fingerprint density at radius 1 is 0.833 bits per heavy atom. The molecular formula is C19H17F3OS. The second kappa shape index (κ2) is 6.65. The van der Waals surface area contributed by atoms with E-state index in [-0.39, 0.29) is 0 Å². The molecule has 0 saturated heterocycles. The van der Waals surface area contributed by atoms with Crippen molar-refractivity contribution in [2.45, 2.75) is 30.3 Å². The van der Waals surface area contributed by atoms with Gasteiger partial charge in [0.05, 0.1) is 5.56 Å². The average molecular weight is 350 g/mol. The lowest BCUT2D eigenvalue weighted by Crippen LogP contribution is -2.04. The molecule has 0 aliphatic heterocycles. The van der Waals surface area contributed by atoms with Gasteiger partial charge in [-0.15, -0.1) is 0 Å². The smallest absolute Gasteiger partial charge is 0.416 e. The first kappa shape index (κ1) is 17.1. The number of allylic oxidation sites excluding steroid dienone is 2. The van der Waals surface area contributed by atoms with Crippen molar-refractivity contribution in [3.8, 4) is 0 Å². The summed E-state index contributed by atoms with van der Waals surface area (Å²) in [6.45, 7) is 0. The lowest BCUT2D eigenvalue weighted by atomic mass is 9.96. The van der Waals surface area contributed by atoms with Gasteiger partial charge in [-0.25, -0.2) is 0 Å². The Bertz CT molecular complexity index is 744. The molecule has 0 amide bonds. The summed E-state index contributed by atoms with van der Waals surface area (Å²) in [7, 11) is 0. The second-order valence-corrected chi connectivity index (χ2v) is 7.24. The van der Waals surface area contributed by atoms with Gasteiger partial charge in [-0.1, -0.05) is 12.1 Å². The highest BCUT2D eigenvalue weighted by molar-refractivity contribution is 7.90. The third-order valence-electron chi connectivity index (χ3n) is 4.31. The molecule has 1 unspecified atom stereocenters. The molecule has 24 heavy (non-hydrogen) atoms. The minimum absolute atomic E-state index is 0.624. The molecule has 0 aromatic heterocycles. The summed E-state index contributed by atoms with van der Waals surface area (Å²) < 4.78 is 49.6. The van der Waals surface area contributed by atoms with Crippen LogP contribution >= 0.6 is 0 Å². The summed E-state index contributed by atoms with van der Waals surface area (Å²) >= 11 is -1.02. The maximum atomic E-state index is 12.7. The van der Waals surface area contributed by atoms with E-state index in [9.17, 15) is 17.7 Å². The molecule has 1 aliphatic rings. The number of alkyl halides is 3. The third kappa shape index (κ3) is 3.52. The predicted molar refractivity (Wildman–Crippen MR) is 90.9 cm³/mol. The van der Waals surface area contributed by atoms with Gasteiger partial charge in [0.1, 0.15) is 6.26 Å². The van der Waals surface area contributed by atoms with Gasteiger partial charge in [0.15, 0.2) is 4.90 Å². The molecule has 0 spiro atoms. The predicted octanol–water partition coefficient (Wildman–Crippen LogP) is 5.54. The van der Waals surface area contributed by atoms with Crippen LogP contribution < -0.4 is 0 Å². The molecular weight excluding hydrogens is 333 g/mol. The summed E-state index contributed by atoms with van der Waals surface area (Å²) in [4.78, 5) is 0.772. The molecule has 3 rings (SSSR count). The van der Waals surface area contributed by atoms with Crippen LogP contribution in [0.4, 0.5) is 13.2 Å². The van der Waals surface area contributed by atoms with Crippen molar-refractivity contribution in [3.05, 3.63) is 65.2 Å². The minimum atomic E-state index is -4.31. The number of benzene rings is 2. The van der Waals surface area contributed by atoms with Crippen molar-refractivity contribution in [3.63, 3.8) is 0 Å². The number of hydrogen-bond donors (Lipinski definition) is 0. The summed E-state index contributed by atoms with van der Waals surface area (Å²) in [6, 6.07) is 13.0. The van der Waals surface area contributed by atoms with Crippen LogP contribution in [0.25, 0.3) is 11.1 Å². The van der Waals surface area contributed by atoms with Crippen LogP contribution in [-0.2, 0) is 17.4 Å². The molecule has 1 atom stereocenters. The van der Waals surface area contributed by atoms with Crippen LogP contribution in [0.2, 0.25) is 0 Å². The molecule has 1 aliphatic carbocycles. The fraction of sp³-hybridized carbons (Fsp3) is 0.263. The Morgan fingerprint density at radius 2 is 1.29 bits per heavy atom. The van der Waals surface area contributed by atoms with Gasteiger partial charge >= 0.3 is 6.18 Å². The highest BCUT2D eigenvalue weighted by Crippen LogP contribution is 2.40. The van der Waals surface area contributed by atoms with Crippen molar-refractivity contribution in [2.24, 2.45) is 0 Å². The highest BCUT2D eigenvalue weighted by Gasteiger charge is 2.30. The van der Waals surface area contributed by atoms with Crippen molar-refractivity contribution in [1.82, 2.24) is 0 Å². The number of hydrogen-bond acceptors (Lipinski definition) is 1. The molecule has 0 radical (unpaired) electrons. The summed E-state index contributed by atoms with van der Waals surface area (Å²) in [5, 5.41) is 0. The largest absolute Gasteiger partial charge is 0.612 e. The quantitative estimate of drug-likeness (QED) is 0.667. The van der Waals surface area contributed by atoms with E-state index in [1.54, 1.807) is 18.4 Å². The van der Waals surface area contributed by atoms with Crippen molar-refractivity contribution in [1.29, 1.82) is 0 Å². The monoisotopic (exact) mass is 350 g/mol. The Balaban J connectivity index is 1.94. The summed E-state index contributed by atoms with van der Waals surface area (Å²) in [5.41, 5.74) is 3.55. The van der Waals surface area contributed by atoms with Crippen LogP contribution in [0.15, 0.2) is 53.4 Å². The maximum absolute atomic E-state index is 12.7. The number of rotatable bonds is 3. The lowest BCUT2D eigenvalue weighted by Gasteiger charge is -2.11. The molecule has 5 heteroatoms. The Labute approximate surface area is 142 Å². The van der Waals surface area contributed by atoms with Crippen LogP contribution in [0.1, 0.15) is 36.0 Å². The zero-order chi connectivity index (χ0) is 17.3. The average Bonchev–Trinajstić information content (AvgIpc) is 3.04. The summed E-state index contributed by atoms with van der Waals surface area (Å²) in [5.74, 6) is 0. The first-order valence-electron chi connectivity index (χ1n) is 7.70. The zero-order valence-corrected chi connectivity index (χ0v) is 14.0. The van der Waals surface area contributed by atoms with Crippen LogP contribution in [0.3, 0.4) is 0 Å². The van der Waals surface area contributed by atoms with E-state index in [4.69, 9.17) is 0 Å². The first-order valence-corrected chi connectivity index (χ1v) is 9.25. The molecule has 0 fully saturated rings. The fourth-order valence-electron chi connectivity index (χ4n) is 3.09. The second-order valence-electron chi connectivity index (χ2n) is 5.86. The normalized spacial score (nSPS) is 16.5. The van der Waals surface area contributed by atoms with E-state index in [2.05, 4.69) is 0 Å². The van der Waals surface area contributed by atoms with Gasteiger partial charge < -0.3 is 4.55 Å². The van der Waals surface area contributed by atoms with Gasteiger partial charge in [-0.2, -0.15) is 13.2 Å². The topological polar surface area (TPSA) is 23.1 Å². The van der Waals surface area contributed by atoms with Crippen LogP contribution in [0, 0.1) is 0 Å². The Kier molecular flexibility index (Phi) is 4.74. The van der Waals surface area contributed by atoms with Crippen LogP contribution in [0.5, 0.6) is 0 Å². The van der Waals surface area contributed by atoms with E-state index >= 15 is 0 Å². The molecule has 1 nitrogen and oxygen atoms in total. The highest BCUT2D eigenvalue weighted by atomic mass is 32.2. The van der Waals surface area contributed by atoms with Gasteiger partial charge in [0.25, 0.3) is 0 Å². The standard InChI is InChI=1S/C19H17F3OS/c1-24(23)16-11-7-14(8-12-16)18-4-2-3-17(18)13-5-9-15(10-6-13)19(20,21)22/h5-12H,2-4H2,1H3. The molecule has 0 bridgehead atoms. The van der Waals surface area contributed by atoms with Crippen molar-refractivity contribution < 1.29 is 17.7 Å². The molecule has 126 valence electrons. The van der Waals surface area contributed by atoms with E-state index in [1.807, 2.05) is 24.3 Å². The molecule has 0 N–H and O–H groups in total. The third-order valence-corrected chi connectivity index (χ3v) is 5.25. The molecule has 2 aromatic carbocycles. The Morgan fingerprint density at radius 3 is 1.71 bits per heavy atom. The van der Waals surface area contributed by atoms with Crippen molar-refractivity contribution in [2.75, 3.05) is 6.26 Å². The molecule has 2 aromatic rings. The zero-order valence-electron chi connectivity index (χ0n) is 13.2. The fourth-order valence-corrected chi connectivity index (χ4v) is 3.61. The van der Waals surface area contributed by atoms with Crippen molar-refractivity contribution >= 4 is 22.3 Å². The van der Waals surface area contributed by atoms with E-state index in [0.29, 0.717) is 0 Å². The SMILES string of the molecule is C[S+]([O-])c1ccc(C2=C(c3ccc(C(F)(F)F)cc3)CCC2)cc1. The molecule has 0 heterocycles. The minimum Gasteiger partial charge on any atom is -0.612 e. The first-order chi connectivity index (χ1) is 11.4. The Hall–Kier alpha value is -1.72.